The van der Waals surface area contributed by atoms with Gasteiger partial charge in [-0.25, -0.2) is 0 Å². The van der Waals surface area contributed by atoms with E-state index >= 15 is 0 Å². The first kappa shape index (κ1) is 30.7. The topological polar surface area (TPSA) is 78.5 Å². The molecule has 2 aromatic carbocycles. The lowest BCUT2D eigenvalue weighted by molar-refractivity contribution is -0.143. The number of carbonyl (C=O) groups is 3. The summed E-state index contributed by atoms with van der Waals surface area (Å²) in [6, 6.07) is 7.69. The maximum absolute atomic E-state index is 13.4. The number of likely N-dealkylation sites (N-methyl/N-ethyl adjacent to an activating group) is 1. The second kappa shape index (κ2) is 12.6. The highest BCUT2D eigenvalue weighted by Gasteiger charge is 2.38. The third-order valence-electron chi connectivity index (χ3n) is 6.74. The van der Waals surface area contributed by atoms with E-state index in [0.29, 0.717) is 30.7 Å². The molecule has 1 saturated heterocycles. The van der Waals surface area contributed by atoms with E-state index in [1.807, 2.05) is 0 Å². The molecule has 0 radical (unpaired) electrons. The van der Waals surface area contributed by atoms with E-state index in [0.717, 1.165) is 23.8 Å². The summed E-state index contributed by atoms with van der Waals surface area (Å²) in [5.41, 5.74) is -3.31. The lowest BCUT2D eigenvalue weighted by atomic mass is 9.91. The minimum absolute atomic E-state index is 0.0469. The molecule has 1 heterocycles. The van der Waals surface area contributed by atoms with Crippen molar-refractivity contribution in [3.8, 4) is 0 Å². The minimum Gasteiger partial charge on any atom is -0.354 e. The standard InChI is InChI=1S/C28H29F6N3O3/c1-17(18-8-4-3-5-9-18)23(11-12-24(38)36-22-10-6-7-13-35-25(22)39)37(2)26(40)19-14-20(27(29,30)31)16-21(15-19)28(32,33)34/h3-5,8-9,11-12,14-17,22-23H,6-7,10,13H2,1-2H3,(H,35,39)(H,36,38)/b12-11+/t17?,22?,23-/m0/s1. The molecule has 0 aromatic heterocycles. The van der Waals surface area contributed by atoms with Crippen LogP contribution in [0, 0.1) is 0 Å². The van der Waals surface area contributed by atoms with Gasteiger partial charge in [0.1, 0.15) is 6.04 Å². The summed E-state index contributed by atoms with van der Waals surface area (Å²) in [6.45, 7) is 2.20. The molecule has 3 amide bonds. The molecule has 0 bridgehead atoms. The van der Waals surface area contributed by atoms with Gasteiger partial charge >= 0.3 is 12.4 Å². The largest absolute Gasteiger partial charge is 0.416 e. The summed E-state index contributed by atoms with van der Waals surface area (Å²) in [5.74, 6) is -2.58. The van der Waals surface area contributed by atoms with Crippen LogP contribution in [-0.2, 0) is 21.9 Å². The molecule has 12 heteroatoms. The van der Waals surface area contributed by atoms with Crippen LogP contribution in [0.4, 0.5) is 26.3 Å². The average molecular weight is 570 g/mol. The molecule has 2 aromatic rings. The number of hydrogen-bond donors (Lipinski definition) is 2. The Kier molecular flexibility index (Phi) is 9.65. The van der Waals surface area contributed by atoms with Crippen molar-refractivity contribution in [1.29, 1.82) is 0 Å². The molecular formula is C28H29F6N3O3. The van der Waals surface area contributed by atoms with Crippen LogP contribution in [0.2, 0.25) is 0 Å². The number of halogens is 6. The highest BCUT2D eigenvalue weighted by molar-refractivity contribution is 5.95. The number of carbonyl (C=O) groups excluding carboxylic acids is 3. The van der Waals surface area contributed by atoms with E-state index in [2.05, 4.69) is 10.6 Å². The predicted octanol–water partition coefficient (Wildman–Crippen LogP) is 5.31. The van der Waals surface area contributed by atoms with Crippen molar-refractivity contribution in [1.82, 2.24) is 15.5 Å². The Hall–Kier alpha value is -3.83. The molecule has 0 aliphatic carbocycles. The zero-order chi connectivity index (χ0) is 29.7. The van der Waals surface area contributed by atoms with E-state index in [-0.39, 0.29) is 12.0 Å². The molecule has 1 aliphatic heterocycles. The second-order valence-electron chi connectivity index (χ2n) is 9.61. The first-order chi connectivity index (χ1) is 18.7. The van der Waals surface area contributed by atoms with Gasteiger partial charge in [-0.15, -0.1) is 0 Å². The van der Waals surface area contributed by atoms with E-state index in [1.54, 1.807) is 37.3 Å². The fraction of sp³-hybridized carbons (Fsp3) is 0.393. The van der Waals surface area contributed by atoms with Gasteiger partial charge in [-0.3, -0.25) is 14.4 Å². The number of benzene rings is 2. The summed E-state index contributed by atoms with van der Waals surface area (Å²) >= 11 is 0. The Bertz CT molecular complexity index is 1210. The Labute approximate surface area is 227 Å². The third kappa shape index (κ3) is 7.86. The van der Waals surface area contributed by atoms with Gasteiger partial charge in [0.2, 0.25) is 11.8 Å². The van der Waals surface area contributed by atoms with Crippen LogP contribution in [0.25, 0.3) is 0 Å². The van der Waals surface area contributed by atoms with Crippen LogP contribution < -0.4 is 10.6 Å². The number of amides is 3. The van der Waals surface area contributed by atoms with Crippen molar-refractivity contribution >= 4 is 17.7 Å². The third-order valence-corrected chi connectivity index (χ3v) is 6.74. The van der Waals surface area contributed by atoms with Crippen molar-refractivity contribution < 1.29 is 40.7 Å². The van der Waals surface area contributed by atoms with E-state index in [9.17, 15) is 40.7 Å². The molecule has 2 N–H and O–H groups in total. The van der Waals surface area contributed by atoms with Crippen molar-refractivity contribution in [2.24, 2.45) is 0 Å². The molecule has 6 nitrogen and oxygen atoms in total. The minimum atomic E-state index is -5.12. The Morgan fingerprint density at radius 1 is 1.00 bits per heavy atom. The zero-order valence-corrected chi connectivity index (χ0v) is 21.8. The van der Waals surface area contributed by atoms with Crippen LogP contribution in [-0.4, -0.2) is 48.3 Å². The Balaban J connectivity index is 1.95. The van der Waals surface area contributed by atoms with Crippen molar-refractivity contribution in [2.45, 2.75) is 56.5 Å². The maximum atomic E-state index is 13.4. The number of rotatable bonds is 7. The predicted molar refractivity (Wildman–Crippen MR) is 135 cm³/mol. The molecule has 1 aliphatic rings. The highest BCUT2D eigenvalue weighted by atomic mass is 19.4. The van der Waals surface area contributed by atoms with Crippen LogP contribution >= 0.6 is 0 Å². The van der Waals surface area contributed by atoms with Gasteiger partial charge in [0.25, 0.3) is 5.91 Å². The number of nitrogens with zero attached hydrogens (tertiary/aromatic N) is 1. The molecule has 40 heavy (non-hydrogen) atoms. The monoisotopic (exact) mass is 569 g/mol. The average Bonchev–Trinajstić information content (AvgIpc) is 3.10. The van der Waals surface area contributed by atoms with Gasteiger partial charge in [0.05, 0.1) is 17.2 Å². The Morgan fingerprint density at radius 3 is 2.17 bits per heavy atom. The van der Waals surface area contributed by atoms with E-state index < -0.39 is 58.9 Å². The molecule has 1 fully saturated rings. The molecule has 3 rings (SSSR count). The smallest absolute Gasteiger partial charge is 0.354 e. The van der Waals surface area contributed by atoms with Gasteiger partial charge in [0.15, 0.2) is 0 Å². The van der Waals surface area contributed by atoms with Crippen molar-refractivity contribution in [2.75, 3.05) is 13.6 Å². The first-order valence-corrected chi connectivity index (χ1v) is 12.6. The SMILES string of the molecule is CC(c1ccccc1)[C@H](/C=C/C(=O)NC1CCCCNC1=O)N(C)C(=O)c1cc(C(F)(F)F)cc(C(F)(F)F)c1. The van der Waals surface area contributed by atoms with Crippen LogP contribution in [0.3, 0.4) is 0 Å². The zero-order valence-electron chi connectivity index (χ0n) is 21.8. The quantitative estimate of drug-likeness (QED) is 0.351. The number of nitrogens with one attached hydrogen (secondary N) is 2. The van der Waals surface area contributed by atoms with Crippen molar-refractivity contribution in [3.63, 3.8) is 0 Å². The molecule has 216 valence electrons. The van der Waals surface area contributed by atoms with E-state index in [4.69, 9.17) is 0 Å². The Morgan fingerprint density at radius 2 is 1.60 bits per heavy atom. The fourth-order valence-electron chi connectivity index (χ4n) is 4.49. The molecule has 0 spiro atoms. The maximum Gasteiger partial charge on any atom is 0.416 e. The number of alkyl halides is 6. The molecule has 3 atom stereocenters. The summed E-state index contributed by atoms with van der Waals surface area (Å²) in [6.07, 6.45) is -5.86. The van der Waals surface area contributed by atoms with Crippen molar-refractivity contribution in [3.05, 3.63) is 82.9 Å². The van der Waals surface area contributed by atoms with Crippen LogP contribution in [0.5, 0.6) is 0 Å². The summed E-state index contributed by atoms with van der Waals surface area (Å²) in [4.78, 5) is 39.2. The van der Waals surface area contributed by atoms with E-state index in [1.165, 1.54) is 13.1 Å². The number of hydrogen-bond acceptors (Lipinski definition) is 3. The highest BCUT2D eigenvalue weighted by Crippen LogP contribution is 2.37. The molecule has 2 unspecified atom stereocenters. The lowest BCUT2D eigenvalue weighted by Crippen LogP contribution is -2.45. The van der Waals surface area contributed by atoms with Crippen LogP contribution in [0.1, 0.15) is 59.2 Å². The lowest BCUT2D eigenvalue weighted by Gasteiger charge is -2.31. The van der Waals surface area contributed by atoms with Gasteiger partial charge < -0.3 is 15.5 Å². The van der Waals surface area contributed by atoms with Gasteiger partial charge in [-0.1, -0.05) is 43.3 Å². The van der Waals surface area contributed by atoms with Crippen LogP contribution in [0.15, 0.2) is 60.7 Å². The first-order valence-electron chi connectivity index (χ1n) is 12.6. The van der Waals surface area contributed by atoms with Gasteiger partial charge in [0, 0.05) is 31.1 Å². The summed E-state index contributed by atoms with van der Waals surface area (Å²) in [7, 11) is 1.24. The molecular weight excluding hydrogens is 540 g/mol. The summed E-state index contributed by atoms with van der Waals surface area (Å²) in [5, 5.41) is 5.29. The van der Waals surface area contributed by atoms with Gasteiger partial charge in [-0.05, 0) is 43.0 Å². The fourth-order valence-corrected chi connectivity index (χ4v) is 4.49. The second-order valence-corrected chi connectivity index (χ2v) is 9.61. The summed E-state index contributed by atoms with van der Waals surface area (Å²) < 4.78 is 80.3. The molecule has 0 saturated carbocycles. The van der Waals surface area contributed by atoms with Gasteiger partial charge in [-0.2, -0.15) is 26.3 Å². The normalized spacial score (nSPS) is 18.0.